The Morgan fingerprint density at radius 1 is 1.21 bits per heavy atom. The van der Waals surface area contributed by atoms with E-state index in [4.69, 9.17) is 4.98 Å². The van der Waals surface area contributed by atoms with Crippen LogP contribution in [0.15, 0.2) is 66.2 Å². The highest BCUT2D eigenvalue weighted by Crippen LogP contribution is 2.42. The molecule has 5 rings (SSSR count). The minimum atomic E-state index is -2.36. The van der Waals surface area contributed by atoms with Crippen LogP contribution in [0.2, 0.25) is 0 Å². The number of nitrogens with one attached hydrogen (secondary N) is 1. The van der Waals surface area contributed by atoms with Gasteiger partial charge in [0, 0.05) is 52.6 Å². The largest absolute Gasteiger partial charge is 0.324 e. The lowest BCUT2D eigenvalue weighted by molar-refractivity contribution is 0.236. The van der Waals surface area contributed by atoms with E-state index in [1.807, 2.05) is 22.2 Å². The number of fused-ring (bicyclic) bond motifs is 2. The summed E-state index contributed by atoms with van der Waals surface area (Å²) in [5, 5.41) is 7.21. The molecule has 2 aliphatic heterocycles. The Kier molecular flexibility index (Phi) is 6.48. The van der Waals surface area contributed by atoms with E-state index in [-0.39, 0.29) is 5.41 Å². The summed E-state index contributed by atoms with van der Waals surface area (Å²) in [5.41, 5.74) is 5.24. The van der Waals surface area contributed by atoms with Crippen molar-refractivity contribution in [3.05, 3.63) is 78.5 Å². The van der Waals surface area contributed by atoms with Gasteiger partial charge >= 0.3 is 0 Å². The zero-order chi connectivity index (χ0) is 27.2. The van der Waals surface area contributed by atoms with Crippen LogP contribution >= 0.6 is 0 Å². The van der Waals surface area contributed by atoms with Gasteiger partial charge in [-0.05, 0) is 42.4 Å². The van der Waals surface area contributed by atoms with Gasteiger partial charge in [-0.25, -0.2) is 19.2 Å². The third kappa shape index (κ3) is 5.01. The fourth-order valence-electron chi connectivity index (χ4n) is 5.22. The van der Waals surface area contributed by atoms with Crippen LogP contribution in [0.25, 0.3) is 5.70 Å². The average Bonchev–Trinajstić information content (AvgIpc) is 3.08. The molecule has 10 heteroatoms. The molecule has 3 aromatic rings. The van der Waals surface area contributed by atoms with E-state index in [2.05, 4.69) is 76.8 Å². The first-order valence-corrected chi connectivity index (χ1v) is 14.8. The van der Waals surface area contributed by atoms with E-state index in [1.54, 1.807) is 30.9 Å². The topological polar surface area (TPSA) is 89.9 Å². The maximum absolute atomic E-state index is 12.3. The summed E-state index contributed by atoms with van der Waals surface area (Å²) in [6, 6.07) is 11.9. The van der Waals surface area contributed by atoms with Gasteiger partial charge in [-0.1, -0.05) is 38.6 Å². The highest BCUT2D eigenvalue weighted by molar-refractivity contribution is 7.92. The maximum Gasteiger partial charge on any atom is 0.229 e. The van der Waals surface area contributed by atoms with E-state index < -0.39 is 9.73 Å². The zero-order valence-electron chi connectivity index (χ0n) is 22.6. The first kappa shape index (κ1) is 25.9. The lowest BCUT2D eigenvalue weighted by Crippen LogP contribution is -2.39. The molecule has 9 nitrogen and oxygen atoms in total. The predicted octanol–water partition coefficient (Wildman–Crippen LogP) is 5.22. The molecule has 0 saturated carbocycles. The predicted molar refractivity (Wildman–Crippen MR) is 156 cm³/mol. The number of pyridine rings is 1. The Morgan fingerprint density at radius 3 is 2.74 bits per heavy atom. The summed E-state index contributed by atoms with van der Waals surface area (Å²) in [6.45, 7) is 15.2. The van der Waals surface area contributed by atoms with Crippen molar-refractivity contribution in [3.63, 3.8) is 0 Å². The van der Waals surface area contributed by atoms with Crippen molar-refractivity contribution >= 4 is 44.5 Å². The second-order valence-electron chi connectivity index (χ2n) is 10.7. The summed E-state index contributed by atoms with van der Waals surface area (Å²) in [5.74, 6) is 2.09. The first-order valence-electron chi connectivity index (χ1n) is 12.4. The fraction of sp³-hybridized carbons (Fsp3) is 0.321. The van der Waals surface area contributed by atoms with Gasteiger partial charge in [0.05, 0.1) is 17.8 Å². The number of rotatable bonds is 6. The molecule has 0 amide bonds. The average molecular weight is 531 g/mol. The second-order valence-corrected chi connectivity index (χ2v) is 13.3. The van der Waals surface area contributed by atoms with Crippen LogP contribution in [0, 0.1) is 0 Å². The molecule has 0 aliphatic carbocycles. The lowest BCUT2D eigenvalue weighted by Gasteiger charge is -2.38. The molecule has 198 valence electrons. The number of aromatic nitrogens is 3. The van der Waals surface area contributed by atoms with Gasteiger partial charge in [0.25, 0.3) is 0 Å². The Balaban J connectivity index is 1.52. The van der Waals surface area contributed by atoms with E-state index in [0.717, 1.165) is 30.0 Å². The summed E-state index contributed by atoms with van der Waals surface area (Å²) < 4.78 is 16.6. The molecule has 2 aliphatic rings. The van der Waals surface area contributed by atoms with Crippen LogP contribution in [-0.4, -0.2) is 61.7 Å². The zero-order valence-corrected chi connectivity index (χ0v) is 23.4. The summed E-state index contributed by atoms with van der Waals surface area (Å²) in [6.07, 6.45) is 6.74. The van der Waals surface area contributed by atoms with Crippen molar-refractivity contribution in [3.8, 4) is 0 Å². The highest BCUT2D eigenvalue weighted by atomic mass is 32.2. The molecule has 4 heterocycles. The first-order chi connectivity index (χ1) is 17.9. The van der Waals surface area contributed by atoms with Crippen LogP contribution in [-0.2, 0) is 21.7 Å². The maximum atomic E-state index is 12.3. The molecule has 2 aromatic heterocycles. The van der Waals surface area contributed by atoms with Gasteiger partial charge in [0.2, 0.25) is 5.95 Å². The van der Waals surface area contributed by atoms with Crippen LogP contribution in [0.3, 0.4) is 0 Å². The molecular formula is C28H34N8OS. The molecule has 1 aromatic carbocycles. The van der Waals surface area contributed by atoms with Crippen LogP contribution < -0.4 is 10.3 Å². The van der Waals surface area contributed by atoms with Gasteiger partial charge < -0.3 is 10.2 Å². The van der Waals surface area contributed by atoms with Crippen LogP contribution in [0.1, 0.15) is 30.5 Å². The van der Waals surface area contributed by atoms with Gasteiger partial charge in [0.15, 0.2) is 17.5 Å². The Labute approximate surface area is 225 Å². The van der Waals surface area contributed by atoms with Gasteiger partial charge in [-0.15, -0.1) is 6.58 Å². The van der Waals surface area contributed by atoms with Crippen molar-refractivity contribution in [2.75, 3.05) is 43.0 Å². The number of hydrogen-bond donors (Lipinski definition) is 1. The minimum absolute atomic E-state index is 0.0943. The van der Waals surface area contributed by atoms with Gasteiger partial charge in [-0.2, -0.15) is 9.35 Å². The summed E-state index contributed by atoms with van der Waals surface area (Å²) in [4.78, 5) is 16.5. The standard InChI is InChI=1S/C28H34N8OS/c1-8-14-35-19(2)22-16-29-27(30-21-12-13-23-20(15-21)17-34(5)18-28(23,3)4)32-26(22)36(35)25-11-9-10-24(31-25)33-38(6,7)37/h8-13,15-16H,1-2,14,17-18H2,3-7H3,(H,29,30,32). The van der Waals surface area contributed by atoms with Gasteiger partial charge in [0.1, 0.15) is 0 Å². The molecule has 0 bridgehead atoms. The lowest BCUT2D eigenvalue weighted by atomic mass is 9.78. The molecular weight excluding hydrogens is 496 g/mol. The van der Waals surface area contributed by atoms with Crippen molar-refractivity contribution < 1.29 is 4.21 Å². The number of nitrogens with zero attached hydrogens (tertiary/aromatic N) is 7. The Hall–Kier alpha value is -3.76. The molecule has 1 N–H and O–H groups in total. The van der Waals surface area contributed by atoms with E-state index in [1.165, 1.54) is 11.1 Å². The van der Waals surface area contributed by atoms with E-state index in [0.29, 0.717) is 29.9 Å². The third-order valence-electron chi connectivity index (χ3n) is 6.58. The minimum Gasteiger partial charge on any atom is -0.324 e. The van der Waals surface area contributed by atoms with Crippen LogP contribution in [0.5, 0.6) is 0 Å². The second kappa shape index (κ2) is 9.52. The van der Waals surface area contributed by atoms with Crippen molar-refractivity contribution in [1.29, 1.82) is 0 Å². The summed E-state index contributed by atoms with van der Waals surface area (Å²) >= 11 is 0. The molecule has 0 spiro atoms. The number of anilines is 4. The smallest absolute Gasteiger partial charge is 0.229 e. The van der Waals surface area contributed by atoms with E-state index in [9.17, 15) is 4.21 Å². The van der Waals surface area contributed by atoms with Crippen molar-refractivity contribution in [2.45, 2.75) is 25.8 Å². The Bertz CT molecular complexity index is 1550. The van der Waals surface area contributed by atoms with Gasteiger partial charge in [-0.3, -0.25) is 5.01 Å². The highest BCUT2D eigenvalue weighted by Gasteiger charge is 2.34. The number of hydrogen-bond acceptors (Lipinski definition) is 9. The molecule has 0 unspecified atom stereocenters. The molecule has 38 heavy (non-hydrogen) atoms. The van der Waals surface area contributed by atoms with Crippen LogP contribution in [0.4, 0.5) is 29.1 Å². The summed E-state index contributed by atoms with van der Waals surface area (Å²) in [7, 11) is -0.210. The molecule has 0 atom stereocenters. The number of benzene rings is 1. The molecule has 0 fully saturated rings. The number of hydrazine groups is 1. The number of likely N-dealkylation sites (N-methyl/N-ethyl adjacent to an activating group) is 1. The monoisotopic (exact) mass is 530 g/mol. The van der Waals surface area contributed by atoms with Crippen molar-refractivity contribution in [2.24, 2.45) is 4.36 Å². The Morgan fingerprint density at radius 2 is 2.00 bits per heavy atom. The normalized spacial score (nSPS) is 16.7. The fourth-order valence-corrected chi connectivity index (χ4v) is 5.78. The quantitative estimate of drug-likeness (QED) is 0.434. The third-order valence-corrected chi connectivity index (χ3v) is 7.21. The molecule has 0 radical (unpaired) electrons. The van der Waals surface area contributed by atoms with Crippen molar-refractivity contribution in [1.82, 2.24) is 24.9 Å². The van der Waals surface area contributed by atoms with E-state index >= 15 is 0 Å². The SMILES string of the molecule is C=CCN1C(=C)c2cnc(Nc3ccc4c(c3)CN(C)CC4(C)C)nc2N1c1cccc(N=S(C)(C)=O)n1. The molecule has 0 saturated heterocycles.